The summed E-state index contributed by atoms with van der Waals surface area (Å²) in [7, 11) is -3.30. The van der Waals surface area contributed by atoms with Gasteiger partial charge in [0.2, 0.25) is 0 Å². The van der Waals surface area contributed by atoms with Crippen LogP contribution in [0.5, 0.6) is 0 Å². The van der Waals surface area contributed by atoms with Crippen LogP contribution in [-0.2, 0) is 15.6 Å². The van der Waals surface area contributed by atoms with E-state index >= 15 is 0 Å². The summed E-state index contributed by atoms with van der Waals surface area (Å²) in [5, 5.41) is 10.4. The van der Waals surface area contributed by atoms with Gasteiger partial charge >= 0.3 is 0 Å². The first-order chi connectivity index (χ1) is 12.9. The zero-order valence-corrected chi connectivity index (χ0v) is 15.5. The number of benzene rings is 2. The number of carbonyl (C=O) groups is 1. The molecule has 0 N–H and O–H groups in total. The van der Waals surface area contributed by atoms with Gasteiger partial charge in [0.1, 0.15) is 0 Å². The highest BCUT2D eigenvalue weighted by molar-refractivity contribution is 7.91. The number of carbonyl (C=O) groups excluding carboxylic acids is 1. The lowest BCUT2D eigenvalue weighted by atomic mass is 10.1. The number of sulfone groups is 1. The van der Waals surface area contributed by atoms with Gasteiger partial charge in [0, 0.05) is 30.8 Å². The molecule has 0 aromatic heterocycles. The van der Waals surface area contributed by atoms with Crippen molar-refractivity contribution in [2.75, 3.05) is 13.1 Å². The van der Waals surface area contributed by atoms with Crippen molar-refractivity contribution in [1.29, 1.82) is 0 Å². The Morgan fingerprint density at radius 3 is 2.37 bits per heavy atom. The fourth-order valence-corrected chi connectivity index (χ4v) is 5.10. The molecule has 0 bridgehead atoms. The monoisotopic (exact) mass is 388 g/mol. The molecule has 1 amide bonds. The average Bonchev–Trinajstić information content (AvgIpc) is 2.68. The van der Waals surface area contributed by atoms with Gasteiger partial charge < -0.3 is 4.90 Å². The standard InChI is InChI=1S/C19H20N2O5S/c22-19(16-7-4-8-17(13-16)21(23)24)20-11-9-18(10-12-20)27(25,26)14-15-5-2-1-3-6-15/h1-8,13,18H,9-12,14H2. The molecule has 1 aliphatic rings. The van der Waals surface area contributed by atoms with Gasteiger partial charge in [-0.15, -0.1) is 0 Å². The van der Waals surface area contributed by atoms with Gasteiger partial charge in [0.05, 0.1) is 15.9 Å². The minimum atomic E-state index is -3.30. The number of non-ortho nitro benzene ring substituents is 1. The molecule has 1 fully saturated rings. The summed E-state index contributed by atoms with van der Waals surface area (Å²) >= 11 is 0. The fourth-order valence-electron chi connectivity index (χ4n) is 3.28. The summed E-state index contributed by atoms with van der Waals surface area (Å²) in [4.78, 5) is 24.5. The Morgan fingerprint density at radius 2 is 1.74 bits per heavy atom. The normalized spacial score (nSPS) is 15.5. The van der Waals surface area contributed by atoms with Gasteiger partial charge in [-0.3, -0.25) is 14.9 Å². The minimum absolute atomic E-state index is 0.00265. The number of hydrogen-bond donors (Lipinski definition) is 0. The second-order valence-corrected chi connectivity index (χ2v) is 8.87. The highest BCUT2D eigenvalue weighted by atomic mass is 32.2. The van der Waals surface area contributed by atoms with Crippen LogP contribution in [-0.4, -0.2) is 42.5 Å². The summed E-state index contributed by atoms with van der Waals surface area (Å²) in [5.41, 5.74) is 0.864. The number of likely N-dealkylation sites (tertiary alicyclic amines) is 1. The first-order valence-electron chi connectivity index (χ1n) is 8.66. The van der Waals surface area contributed by atoms with Crippen LogP contribution in [0, 0.1) is 10.1 Å². The van der Waals surface area contributed by atoms with Crippen molar-refractivity contribution in [3.63, 3.8) is 0 Å². The number of rotatable bonds is 5. The molecule has 8 heteroatoms. The van der Waals surface area contributed by atoms with E-state index < -0.39 is 20.0 Å². The molecule has 2 aromatic carbocycles. The lowest BCUT2D eigenvalue weighted by molar-refractivity contribution is -0.384. The Balaban J connectivity index is 1.64. The van der Waals surface area contributed by atoms with Crippen LogP contribution in [0.25, 0.3) is 0 Å². The number of hydrogen-bond acceptors (Lipinski definition) is 5. The van der Waals surface area contributed by atoms with Gasteiger partial charge in [-0.05, 0) is 24.5 Å². The van der Waals surface area contributed by atoms with Gasteiger partial charge in [0.25, 0.3) is 11.6 Å². The first-order valence-corrected chi connectivity index (χ1v) is 10.4. The van der Waals surface area contributed by atoms with Crippen LogP contribution >= 0.6 is 0 Å². The molecule has 1 aliphatic heterocycles. The van der Waals surface area contributed by atoms with Crippen molar-refractivity contribution >= 4 is 21.4 Å². The molecule has 0 unspecified atom stereocenters. The van der Waals surface area contributed by atoms with Gasteiger partial charge in [-0.25, -0.2) is 8.42 Å². The smallest absolute Gasteiger partial charge is 0.270 e. The second-order valence-electron chi connectivity index (χ2n) is 6.59. The van der Waals surface area contributed by atoms with Crippen LogP contribution in [0.2, 0.25) is 0 Å². The molecule has 0 saturated carbocycles. The Morgan fingerprint density at radius 1 is 1.07 bits per heavy atom. The Hall–Kier alpha value is -2.74. The van der Waals surface area contributed by atoms with E-state index in [1.807, 2.05) is 18.2 Å². The maximum Gasteiger partial charge on any atom is 0.270 e. The van der Waals surface area contributed by atoms with E-state index in [0.29, 0.717) is 25.9 Å². The zero-order chi connectivity index (χ0) is 19.4. The maximum atomic E-state index is 12.6. The molecule has 2 aromatic rings. The largest absolute Gasteiger partial charge is 0.339 e. The van der Waals surface area contributed by atoms with Crippen LogP contribution in [0.15, 0.2) is 54.6 Å². The first kappa shape index (κ1) is 19.0. The summed E-state index contributed by atoms with van der Waals surface area (Å²) < 4.78 is 25.3. The quantitative estimate of drug-likeness (QED) is 0.579. The molecular formula is C19H20N2O5S. The van der Waals surface area contributed by atoms with Crippen molar-refractivity contribution in [2.45, 2.75) is 23.8 Å². The molecule has 0 radical (unpaired) electrons. The highest BCUT2D eigenvalue weighted by Crippen LogP contribution is 2.23. The molecule has 142 valence electrons. The van der Waals surface area contributed by atoms with Crippen LogP contribution in [0.3, 0.4) is 0 Å². The third-order valence-corrected chi connectivity index (χ3v) is 6.97. The van der Waals surface area contributed by atoms with Crippen LogP contribution in [0.4, 0.5) is 5.69 Å². The van der Waals surface area contributed by atoms with Crippen molar-refractivity contribution in [2.24, 2.45) is 0 Å². The third kappa shape index (κ3) is 4.51. The SMILES string of the molecule is O=C(c1cccc([N+](=O)[O-])c1)N1CCC(S(=O)(=O)Cc2ccccc2)CC1. The third-order valence-electron chi connectivity index (χ3n) is 4.75. The molecule has 3 rings (SSSR count). The average molecular weight is 388 g/mol. The predicted octanol–water partition coefficient (Wildman–Crippen LogP) is 2.81. The van der Waals surface area contributed by atoms with E-state index in [1.165, 1.54) is 24.3 Å². The zero-order valence-electron chi connectivity index (χ0n) is 14.7. The maximum absolute atomic E-state index is 12.6. The van der Waals surface area contributed by atoms with E-state index in [1.54, 1.807) is 17.0 Å². The summed E-state index contributed by atoms with van der Waals surface area (Å²) in [6, 6.07) is 14.6. The van der Waals surface area contributed by atoms with Crippen molar-refractivity contribution in [3.05, 3.63) is 75.8 Å². The predicted molar refractivity (Wildman–Crippen MR) is 101 cm³/mol. The lowest BCUT2D eigenvalue weighted by Crippen LogP contribution is -2.42. The van der Waals surface area contributed by atoms with Crippen LogP contribution < -0.4 is 0 Å². The van der Waals surface area contributed by atoms with Crippen LogP contribution in [0.1, 0.15) is 28.8 Å². The van der Waals surface area contributed by atoms with Gasteiger partial charge in [-0.1, -0.05) is 36.4 Å². The Labute approximate surface area is 157 Å². The molecule has 0 aliphatic carbocycles. The summed E-state index contributed by atoms with van der Waals surface area (Å²) in [6.45, 7) is 0.639. The minimum Gasteiger partial charge on any atom is -0.339 e. The summed E-state index contributed by atoms with van der Waals surface area (Å²) in [6.07, 6.45) is 0.742. The van der Waals surface area contributed by atoms with E-state index in [9.17, 15) is 23.3 Å². The van der Waals surface area contributed by atoms with E-state index in [0.717, 1.165) is 5.56 Å². The topological polar surface area (TPSA) is 97.6 Å². The Bertz CT molecular complexity index is 936. The Kier molecular flexibility index (Phi) is 5.55. The molecule has 0 atom stereocenters. The van der Waals surface area contributed by atoms with Crippen molar-refractivity contribution in [1.82, 2.24) is 4.90 Å². The molecule has 1 saturated heterocycles. The van der Waals surface area contributed by atoms with E-state index in [4.69, 9.17) is 0 Å². The second kappa shape index (κ2) is 7.87. The molecule has 0 spiro atoms. The molecular weight excluding hydrogens is 368 g/mol. The number of nitro benzene ring substituents is 1. The highest BCUT2D eigenvalue weighted by Gasteiger charge is 2.32. The van der Waals surface area contributed by atoms with Gasteiger partial charge in [-0.2, -0.15) is 0 Å². The molecule has 1 heterocycles. The lowest BCUT2D eigenvalue weighted by Gasteiger charge is -2.31. The summed E-state index contributed by atoms with van der Waals surface area (Å²) in [5.74, 6) is -0.310. The van der Waals surface area contributed by atoms with Gasteiger partial charge in [0.15, 0.2) is 9.84 Å². The number of nitro groups is 1. The number of piperidine rings is 1. The van der Waals surface area contributed by atoms with Crippen molar-refractivity contribution < 1.29 is 18.1 Å². The van der Waals surface area contributed by atoms with E-state index in [2.05, 4.69) is 0 Å². The molecule has 27 heavy (non-hydrogen) atoms. The van der Waals surface area contributed by atoms with Crippen molar-refractivity contribution in [3.8, 4) is 0 Å². The van der Waals surface area contributed by atoms with E-state index in [-0.39, 0.29) is 22.9 Å². The number of amides is 1. The number of nitrogens with zero attached hydrogens (tertiary/aromatic N) is 2. The fraction of sp³-hybridized carbons (Fsp3) is 0.316. The molecule has 7 nitrogen and oxygen atoms in total.